The van der Waals surface area contributed by atoms with Crippen molar-refractivity contribution in [1.29, 1.82) is 0 Å². The number of allylic oxidation sites excluding steroid dienone is 1. The minimum Gasteiger partial charge on any atom is -0.491 e. The van der Waals surface area contributed by atoms with Crippen LogP contribution in [0.4, 0.5) is 13.2 Å². The van der Waals surface area contributed by atoms with E-state index >= 15 is 0 Å². The van der Waals surface area contributed by atoms with Crippen LogP contribution in [0.5, 0.6) is 5.75 Å². The van der Waals surface area contributed by atoms with Gasteiger partial charge < -0.3 is 9.47 Å². The minimum absolute atomic E-state index is 0.102. The van der Waals surface area contributed by atoms with E-state index in [2.05, 4.69) is 6.08 Å². The zero-order valence-electron chi connectivity index (χ0n) is 18.8. The minimum atomic E-state index is -1.01. The van der Waals surface area contributed by atoms with Gasteiger partial charge in [0.2, 0.25) is 5.82 Å². The molecule has 2 nitrogen and oxygen atoms in total. The Kier molecular flexibility index (Phi) is 7.19. The molecule has 172 valence electrons. The van der Waals surface area contributed by atoms with Crippen molar-refractivity contribution in [1.82, 2.24) is 0 Å². The van der Waals surface area contributed by atoms with Crippen molar-refractivity contribution in [3.63, 3.8) is 0 Å². The molecule has 4 rings (SSSR count). The van der Waals surface area contributed by atoms with Gasteiger partial charge in [0.1, 0.15) is 5.82 Å². The van der Waals surface area contributed by atoms with Crippen molar-refractivity contribution in [2.75, 3.05) is 13.2 Å². The molecule has 1 aliphatic heterocycles. The van der Waals surface area contributed by atoms with Gasteiger partial charge in [-0.3, -0.25) is 0 Å². The molecule has 2 atom stereocenters. The molecule has 0 saturated carbocycles. The molecule has 0 bridgehead atoms. The fourth-order valence-corrected chi connectivity index (χ4v) is 4.28. The number of ether oxygens (including phenoxy) is 2. The molecule has 33 heavy (non-hydrogen) atoms. The van der Waals surface area contributed by atoms with E-state index in [1.165, 1.54) is 18.2 Å². The van der Waals surface area contributed by atoms with Crippen LogP contribution in [0.25, 0.3) is 22.3 Å². The molecule has 2 unspecified atom stereocenters. The lowest BCUT2D eigenvalue weighted by atomic mass is 9.93. The lowest BCUT2D eigenvalue weighted by molar-refractivity contribution is -0.00538. The first kappa shape index (κ1) is 23.1. The highest BCUT2D eigenvalue weighted by Gasteiger charge is 2.22. The van der Waals surface area contributed by atoms with E-state index in [0.717, 1.165) is 18.4 Å². The van der Waals surface area contributed by atoms with Crippen molar-refractivity contribution >= 4 is 0 Å². The monoisotopic (exact) mass is 452 g/mol. The third kappa shape index (κ3) is 4.98. The summed E-state index contributed by atoms with van der Waals surface area (Å²) in [5.74, 6) is -2.01. The second kappa shape index (κ2) is 10.3. The topological polar surface area (TPSA) is 18.5 Å². The second-order valence-electron chi connectivity index (χ2n) is 8.17. The number of hydrogen-bond donors (Lipinski definition) is 0. The molecule has 0 amide bonds. The Morgan fingerprint density at radius 2 is 1.61 bits per heavy atom. The molecule has 0 aliphatic carbocycles. The fourth-order valence-electron chi connectivity index (χ4n) is 4.28. The molecule has 1 fully saturated rings. The summed E-state index contributed by atoms with van der Waals surface area (Å²) in [7, 11) is 0. The maximum atomic E-state index is 15.0. The van der Waals surface area contributed by atoms with Crippen LogP contribution in [0.15, 0.2) is 66.7 Å². The Labute approximate surface area is 192 Å². The highest BCUT2D eigenvalue weighted by Crippen LogP contribution is 2.35. The van der Waals surface area contributed by atoms with E-state index in [-0.39, 0.29) is 29.8 Å². The Morgan fingerprint density at radius 3 is 2.21 bits per heavy atom. The molecular weight excluding hydrogens is 425 g/mol. The van der Waals surface area contributed by atoms with Crippen molar-refractivity contribution < 1.29 is 22.6 Å². The van der Waals surface area contributed by atoms with Crippen LogP contribution in [0.3, 0.4) is 0 Å². The van der Waals surface area contributed by atoms with Crippen molar-refractivity contribution in [3.8, 4) is 28.0 Å². The molecule has 0 aromatic heterocycles. The van der Waals surface area contributed by atoms with Gasteiger partial charge in [-0.25, -0.2) is 8.78 Å². The van der Waals surface area contributed by atoms with Gasteiger partial charge in [0.25, 0.3) is 0 Å². The normalized spacial score (nSPS) is 18.6. The predicted molar refractivity (Wildman–Crippen MR) is 125 cm³/mol. The smallest absolute Gasteiger partial charge is 0.201 e. The quantitative estimate of drug-likeness (QED) is 0.354. The average Bonchev–Trinajstić information content (AvgIpc) is 2.83. The van der Waals surface area contributed by atoms with Gasteiger partial charge in [-0.05, 0) is 61.6 Å². The van der Waals surface area contributed by atoms with Crippen LogP contribution in [0, 0.1) is 23.4 Å². The summed E-state index contributed by atoms with van der Waals surface area (Å²) in [6.45, 7) is 4.60. The van der Waals surface area contributed by atoms with E-state index in [1.807, 2.05) is 19.1 Å². The molecule has 0 radical (unpaired) electrons. The number of rotatable bonds is 6. The first-order chi connectivity index (χ1) is 16.0. The van der Waals surface area contributed by atoms with Crippen LogP contribution < -0.4 is 4.74 Å². The first-order valence-electron chi connectivity index (χ1n) is 11.3. The molecular formula is C28H27F3O2. The molecule has 5 heteroatoms. The van der Waals surface area contributed by atoms with Gasteiger partial charge >= 0.3 is 0 Å². The largest absolute Gasteiger partial charge is 0.491 e. The van der Waals surface area contributed by atoms with Crippen molar-refractivity contribution in [2.45, 2.75) is 32.8 Å². The molecule has 1 aliphatic rings. The van der Waals surface area contributed by atoms with Gasteiger partial charge in [0, 0.05) is 17.0 Å². The van der Waals surface area contributed by atoms with Gasteiger partial charge in [-0.2, -0.15) is 4.39 Å². The summed E-state index contributed by atoms with van der Waals surface area (Å²) < 4.78 is 54.7. The Balaban J connectivity index is 1.52. The third-order valence-corrected chi connectivity index (χ3v) is 5.99. The first-order valence-corrected chi connectivity index (χ1v) is 11.3. The summed E-state index contributed by atoms with van der Waals surface area (Å²) in [4.78, 5) is 0. The highest BCUT2D eigenvalue weighted by atomic mass is 19.2. The van der Waals surface area contributed by atoms with Gasteiger partial charge in [-0.15, -0.1) is 0 Å². The average molecular weight is 453 g/mol. The number of benzene rings is 3. The van der Waals surface area contributed by atoms with E-state index in [1.54, 1.807) is 37.3 Å². The molecule has 1 heterocycles. The van der Waals surface area contributed by atoms with Crippen LogP contribution in [-0.4, -0.2) is 13.2 Å². The van der Waals surface area contributed by atoms with Crippen LogP contribution in [0.2, 0.25) is 0 Å². The summed E-state index contributed by atoms with van der Waals surface area (Å²) in [5.41, 5.74) is 2.57. The van der Waals surface area contributed by atoms with Gasteiger partial charge in [0.05, 0.1) is 19.3 Å². The van der Waals surface area contributed by atoms with E-state index in [9.17, 15) is 13.2 Å². The standard InChI is InChI=1S/C28H27F3O2/c1-3-5-18-6-14-25(33-17-18)21-11-12-22(24(29)16-21)19-7-9-20(10-8-19)23-13-15-26(32-4-2)28(31)27(23)30/h3,5,7-13,15-16,18,25H,4,6,14,17H2,1-2H3/b5-3+. The maximum Gasteiger partial charge on any atom is 0.201 e. The van der Waals surface area contributed by atoms with E-state index < -0.39 is 11.6 Å². The lowest BCUT2D eigenvalue weighted by Gasteiger charge is -2.28. The highest BCUT2D eigenvalue weighted by molar-refractivity contribution is 5.71. The molecule has 0 N–H and O–H groups in total. The summed E-state index contributed by atoms with van der Waals surface area (Å²) in [6.07, 6.45) is 5.95. The van der Waals surface area contributed by atoms with Crippen molar-refractivity contribution in [2.24, 2.45) is 5.92 Å². The van der Waals surface area contributed by atoms with Crippen LogP contribution >= 0.6 is 0 Å². The zero-order chi connectivity index (χ0) is 23.4. The maximum absolute atomic E-state index is 15.0. The van der Waals surface area contributed by atoms with E-state index in [0.29, 0.717) is 29.2 Å². The zero-order valence-corrected chi connectivity index (χ0v) is 18.8. The third-order valence-electron chi connectivity index (χ3n) is 5.99. The Hall–Kier alpha value is -3.05. The van der Waals surface area contributed by atoms with Crippen LogP contribution in [0.1, 0.15) is 38.4 Å². The molecule has 3 aromatic rings. The van der Waals surface area contributed by atoms with Gasteiger partial charge in [-0.1, -0.05) is 48.6 Å². The van der Waals surface area contributed by atoms with Crippen LogP contribution in [-0.2, 0) is 4.74 Å². The Morgan fingerprint density at radius 1 is 0.909 bits per heavy atom. The summed E-state index contributed by atoms with van der Waals surface area (Å²) >= 11 is 0. The number of halogens is 3. The van der Waals surface area contributed by atoms with Gasteiger partial charge in [0.15, 0.2) is 11.6 Å². The Bertz CT molecular complexity index is 1130. The molecule has 0 spiro atoms. The number of hydrogen-bond acceptors (Lipinski definition) is 2. The van der Waals surface area contributed by atoms with Crippen molar-refractivity contribution in [3.05, 3.63) is 89.8 Å². The SMILES string of the molecule is C/C=C/C1CCC(c2ccc(-c3ccc(-c4ccc(OCC)c(F)c4F)cc3)c(F)c2)OC1. The van der Waals surface area contributed by atoms with E-state index in [4.69, 9.17) is 9.47 Å². The molecule has 1 saturated heterocycles. The second-order valence-corrected chi connectivity index (χ2v) is 8.17. The summed E-state index contributed by atoms with van der Waals surface area (Å²) in [6, 6.07) is 14.8. The fraction of sp³-hybridized carbons (Fsp3) is 0.286. The summed E-state index contributed by atoms with van der Waals surface area (Å²) in [5, 5.41) is 0. The predicted octanol–water partition coefficient (Wildman–Crippen LogP) is 7.88. The molecule has 3 aromatic carbocycles. The lowest BCUT2D eigenvalue weighted by Crippen LogP contribution is -2.19.